The Balaban J connectivity index is 1.72. The van der Waals surface area contributed by atoms with Gasteiger partial charge in [-0.15, -0.1) is 0 Å². The van der Waals surface area contributed by atoms with Gasteiger partial charge in [0.05, 0.1) is 11.8 Å². The van der Waals surface area contributed by atoms with Crippen molar-refractivity contribution in [2.75, 3.05) is 11.9 Å². The first-order valence-corrected chi connectivity index (χ1v) is 7.61. The number of hydrogen-bond donors (Lipinski definition) is 2. The van der Waals surface area contributed by atoms with E-state index < -0.39 is 6.10 Å². The van der Waals surface area contributed by atoms with E-state index in [-0.39, 0.29) is 0 Å². The zero-order valence-electron chi connectivity index (χ0n) is 13.0. The number of aromatic nitrogens is 2. The van der Waals surface area contributed by atoms with E-state index in [9.17, 15) is 9.90 Å². The molecule has 120 valence electrons. The van der Waals surface area contributed by atoms with Gasteiger partial charge in [-0.1, -0.05) is 48.5 Å². The molecule has 0 aliphatic rings. The molecule has 1 atom stereocenters. The molecular weight excluding hydrogens is 302 g/mol. The molecule has 0 unspecified atom stereocenters. The van der Waals surface area contributed by atoms with Crippen LogP contribution in [0.1, 0.15) is 22.0 Å². The normalized spacial score (nSPS) is 11.7. The Kier molecular flexibility index (Phi) is 4.93. The molecule has 2 N–H and O–H groups in total. The molecule has 5 heteroatoms. The minimum Gasteiger partial charge on any atom is -0.387 e. The maximum Gasteiger partial charge on any atom is 0.150 e. The number of nitrogens with one attached hydrogen (secondary N) is 1. The van der Waals surface area contributed by atoms with E-state index in [0.717, 1.165) is 17.4 Å². The molecule has 0 fully saturated rings. The lowest BCUT2D eigenvalue weighted by Gasteiger charge is -2.13. The van der Waals surface area contributed by atoms with E-state index >= 15 is 0 Å². The quantitative estimate of drug-likeness (QED) is 0.683. The van der Waals surface area contributed by atoms with Gasteiger partial charge in [-0.05, 0) is 11.6 Å². The van der Waals surface area contributed by atoms with Gasteiger partial charge in [0.15, 0.2) is 0 Å². The van der Waals surface area contributed by atoms with E-state index in [1.165, 1.54) is 6.33 Å². The van der Waals surface area contributed by atoms with Crippen LogP contribution in [-0.2, 0) is 0 Å². The summed E-state index contributed by atoms with van der Waals surface area (Å²) in [5.74, 6) is 0.617. The topological polar surface area (TPSA) is 75.1 Å². The molecule has 0 saturated heterocycles. The third-order valence-electron chi connectivity index (χ3n) is 3.65. The molecule has 0 saturated carbocycles. The molecule has 0 bridgehead atoms. The standard InChI is InChI=1S/C19H17N3O2/c23-12-14-5-4-8-16(9-14)17-10-19(22-13-21-17)20-11-18(24)15-6-2-1-3-7-15/h1-10,12-13,18,24H,11H2,(H,20,21,22)/t18-/m1/s1. The van der Waals surface area contributed by atoms with Crippen molar-refractivity contribution in [3.8, 4) is 11.3 Å². The van der Waals surface area contributed by atoms with Crippen LogP contribution >= 0.6 is 0 Å². The predicted molar refractivity (Wildman–Crippen MR) is 92.7 cm³/mol. The van der Waals surface area contributed by atoms with E-state index in [1.807, 2.05) is 42.5 Å². The largest absolute Gasteiger partial charge is 0.387 e. The summed E-state index contributed by atoms with van der Waals surface area (Å²) in [7, 11) is 0. The van der Waals surface area contributed by atoms with Crippen molar-refractivity contribution in [2.24, 2.45) is 0 Å². The average molecular weight is 319 g/mol. The van der Waals surface area contributed by atoms with Crippen molar-refractivity contribution in [2.45, 2.75) is 6.10 Å². The second kappa shape index (κ2) is 7.48. The second-order valence-corrected chi connectivity index (χ2v) is 5.34. The Morgan fingerprint density at radius 3 is 2.67 bits per heavy atom. The van der Waals surface area contributed by atoms with Crippen molar-refractivity contribution in [3.63, 3.8) is 0 Å². The summed E-state index contributed by atoms with van der Waals surface area (Å²) in [5, 5.41) is 13.3. The van der Waals surface area contributed by atoms with Gasteiger partial charge in [0, 0.05) is 23.7 Å². The van der Waals surface area contributed by atoms with Crippen molar-refractivity contribution >= 4 is 12.1 Å². The van der Waals surface area contributed by atoms with Gasteiger partial charge in [-0.2, -0.15) is 0 Å². The molecule has 1 heterocycles. The summed E-state index contributed by atoms with van der Waals surface area (Å²) in [6.07, 6.45) is 1.64. The van der Waals surface area contributed by atoms with Gasteiger partial charge in [0.25, 0.3) is 0 Å². The van der Waals surface area contributed by atoms with Gasteiger partial charge in [-0.3, -0.25) is 4.79 Å². The van der Waals surface area contributed by atoms with Crippen molar-refractivity contribution in [1.29, 1.82) is 0 Å². The third kappa shape index (κ3) is 3.83. The van der Waals surface area contributed by atoms with Gasteiger partial charge in [0.1, 0.15) is 18.4 Å². The molecule has 24 heavy (non-hydrogen) atoms. The van der Waals surface area contributed by atoms with Gasteiger partial charge in [0.2, 0.25) is 0 Å². The predicted octanol–water partition coefficient (Wildman–Crippen LogP) is 3.10. The number of rotatable bonds is 6. The smallest absolute Gasteiger partial charge is 0.150 e. The average Bonchev–Trinajstić information content (AvgIpc) is 2.67. The van der Waals surface area contributed by atoms with E-state index in [0.29, 0.717) is 23.6 Å². The summed E-state index contributed by atoms with van der Waals surface area (Å²) in [4.78, 5) is 19.3. The zero-order chi connectivity index (χ0) is 16.8. The number of aliphatic hydroxyl groups is 1. The van der Waals surface area contributed by atoms with Crippen molar-refractivity contribution in [1.82, 2.24) is 9.97 Å². The molecule has 2 aromatic carbocycles. The SMILES string of the molecule is O=Cc1cccc(-c2cc(NC[C@@H](O)c3ccccc3)ncn2)c1. The first kappa shape index (κ1) is 15.8. The summed E-state index contributed by atoms with van der Waals surface area (Å²) in [6.45, 7) is 0.342. The molecule has 0 spiro atoms. The van der Waals surface area contributed by atoms with Crippen LogP contribution in [0.15, 0.2) is 67.0 Å². The molecule has 0 aliphatic carbocycles. The Hall–Kier alpha value is -3.05. The maximum absolute atomic E-state index is 10.9. The number of carbonyl (C=O) groups is 1. The van der Waals surface area contributed by atoms with Crippen LogP contribution in [-0.4, -0.2) is 27.9 Å². The van der Waals surface area contributed by atoms with Crippen LogP contribution in [0, 0.1) is 0 Å². The molecule has 0 aliphatic heterocycles. The molecule has 3 rings (SSSR count). The van der Waals surface area contributed by atoms with Crippen LogP contribution in [0.4, 0.5) is 5.82 Å². The summed E-state index contributed by atoms with van der Waals surface area (Å²) in [5.41, 5.74) is 3.00. The Morgan fingerprint density at radius 1 is 1.04 bits per heavy atom. The minimum atomic E-state index is -0.622. The first-order chi connectivity index (χ1) is 11.8. The fourth-order valence-corrected chi connectivity index (χ4v) is 2.38. The third-order valence-corrected chi connectivity index (χ3v) is 3.65. The highest BCUT2D eigenvalue weighted by molar-refractivity contribution is 5.78. The van der Waals surface area contributed by atoms with Gasteiger partial charge < -0.3 is 10.4 Å². The van der Waals surface area contributed by atoms with Crippen LogP contribution < -0.4 is 5.32 Å². The first-order valence-electron chi connectivity index (χ1n) is 7.61. The second-order valence-electron chi connectivity index (χ2n) is 5.34. The lowest BCUT2D eigenvalue weighted by atomic mass is 10.1. The highest BCUT2D eigenvalue weighted by Crippen LogP contribution is 2.20. The maximum atomic E-state index is 10.9. The summed E-state index contributed by atoms with van der Waals surface area (Å²) < 4.78 is 0. The summed E-state index contributed by atoms with van der Waals surface area (Å²) >= 11 is 0. The number of nitrogens with zero attached hydrogens (tertiary/aromatic N) is 2. The molecule has 1 aromatic heterocycles. The molecular formula is C19H17N3O2. The lowest BCUT2D eigenvalue weighted by molar-refractivity contribution is 0.112. The van der Waals surface area contributed by atoms with Crippen molar-refractivity contribution in [3.05, 3.63) is 78.1 Å². The fraction of sp³-hybridized carbons (Fsp3) is 0.105. The monoisotopic (exact) mass is 319 g/mol. The Morgan fingerprint density at radius 2 is 1.88 bits per heavy atom. The highest BCUT2D eigenvalue weighted by atomic mass is 16.3. The number of anilines is 1. The molecule has 5 nitrogen and oxygen atoms in total. The van der Waals surface area contributed by atoms with Crippen LogP contribution in [0.3, 0.4) is 0 Å². The number of hydrogen-bond acceptors (Lipinski definition) is 5. The van der Waals surface area contributed by atoms with E-state index in [4.69, 9.17) is 0 Å². The molecule has 0 amide bonds. The number of carbonyl (C=O) groups excluding carboxylic acids is 1. The number of aliphatic hydroxyl groups excluding tert-OH is 1. The molecule has 0 radical (unpaired) electrons. The van der Waals surface area contributed by atoms with Crippen LogP contribution in [0.5, 0.6) is 0 Å². The Bertz CT molecular complexity index is 822. The van der Waals surface area contributed by atoms with Gasteiger partial charge >= 0.3 is 0 Å². The number of benzene rings is 2. The molecule has 3 aromatic rings. The summed E-state index contributed by atoms with van der Waals surface area (Å²) in [6, 6.07) is 18.5. The number of aldehydes is 1. The van der Waals surface area contributed by atoms with Gasteiger partial charge in [-0.25, -0.2) is 9.97 Å². The highest BCUT2D eigenvalue weighted by Gasteiger charge is 2.08. The van der Waals surface area contributed by atoms with E-state index in [2.05, 4.69) is 15.3 Å². The van der Waals surface area contributed by atoms with Crippen LogP contribution in [0.2, 0.25) is 0 Å². The van der Waals surface area contributed by atoms with Crippen LogP contribution in [0.25, 0.3) is 11.3 Å². The Labute approximate surface area is 140 Å². The van der Waals surface area contributed by atoms with Crippen molar-refractivity contribution < 1.29 is 9.90 Å². The zero-order valence-corrected chi connectivity index (χ0v) is 13.0. The lowest BCUT2D eigenvalue weighted by Crippen LogP contribution is -2.13. The fourth-order valence-electron chi connectivity index (χ4n) is 2.38. The minimum absolute atomic E-state index is 0.342. The van der Waals surface area contributed by atoms with E-state index in [1.54, 1.807) is 18.2 Å².